The van der Waals surface area contributed by atoms with Crippen LogP contribution in [0.25, 0.3) is 0 Å². The molecule has 14 heavy (non-hydrogen) atoms. The van der Waals surface area contributed by atoms with E-state index in [2.05, 4.69) is 0 Å². The SMILES string of the molecule is O=C1CCCCCCCCC(O)CC1. The molecule has 0 aromatic carbocycles. The summed E-state index contributed by atoms with van der Waals surface area (Å²) in [6.45, 7) is 0. The lowest BCUT2D eigenvalue weighted by Crippen LogP contribution is -2.10. The number of aliphatic hydroxyl groups is 1. The van der Waals surface area contributed by atoms with E-state index in [4.69, 9.17) is 0 Å². The highest BCUT2D eigenvalue weighted by molar-refractivity contribution is 5.78. The van der Waals surface area contributed by atoms with Crippen LogP contribution < -0.4 is 0 Å². The zero-order chi connectivity index (χ0) is 10.2. The van der Waals surface area contributed by atoms with Gasteiger partial charge in [0.15, 0.2) is 0 Å². The number of aliphatic hydroxyl groups excluding tert-OH is 1. The van der Waals surface area contributed by atoms with Crippen LogP contribution in [-0.4, -0.2) is 17.0 Å². The quantitative estimate of drug-likeness (QED) is 0.650. The minimum absolute atomic E-state index is 0.238. The van der Waals surface area contributed by atoms with Crippen molar-refractivity contribution in [2.24, 2.45) is 0 Å². The van der Waals surface area contributed by atoms with E-state index >= 15 is 0 Å². The normalized spacial score (nSPS) is 27.8. The molecule has 0 heterocycles. The maximum absolute atomic E-state index is 11.3. The molecule has 1 fully saturated rings. The van der Waals surface area contributed by atoms with E-state index in [1.54, 1.807) is 0 Å². The molecule has 1 atom stereocenters. The Hall–Kier alpha value is -0.370. The van der Waals surface area contributed by atoms with Gasteiger partial charge in [-0.15, -0.1) is 0 Å². The molecule has 1 aliphatic rings. The molecule has 1 unspecified atom stereocenters. The lowest BCUT2D eigenvalue weighted by atomic mass is 9.99. The summed E-state index contributed by atoms with van der Waals surface area (Å²) in [6.07, 6.45) is 9.77. The first kappa shape index (κ1) is 11.7. The number of hydrogen-bond donors (Lipinski definition) is 1. The predicted molar refractivity (Wildman–Crippen MR) is 57.2 cm³/mol. The van der Waals surface area contributed by atoms with E-state index in [0.717, 1.165) is 25.7 Å². The number of carbonyl (C=O) groups excluding carboxylic acids is 1. The van der Waals surface area contributed by atoms with Crippen LogP contribution >= 0.6 is 0 Å². The van der Waals surface area contributed by atoms with Gasteiger partial charge >= 0.3 is 0 Å². The zero-order valence-electron chi connectivity index (χ0n) is 9.00. The molecule has 1 aliphatic carbocycles. The van der Waals surface area contributed by atoms with Gasteiger partial charge < -0.3 is 5.11 Å². The molecule has 0 amide bonds. The molecule has 0 bridgehead atoms. The molecule has 82 valence electrons. The summed E-state index contributed by atoms with van der Waals surface area (Å²) in [5, 5.41) is 9.56. The van der Waals surface area contributed by atoms with Gasteiger partial charge in [-0.3, -0.25) is 4.79 Å². The van der Waals surface area contributed by atoms with Crippen LogP contribution in [0.5, 0.6) is 0 Å². The second kappa shape index (κ2) is 6.99. The Labute approximate surface area is 86.7 Å². The van der Waals surface area contributed by atoms with E-state index < -0.39 is 0 Å². The molecule has 2 nitrogen and oxygen atoms in total. The smallest absolute Gasteiger partial charge is 0.133 e. The number of Topliss-reactive ketones (excluding diaryl/α,β-unsaturated/α-hetero) is 1. The number of ketones is 1. The molecular weight excluding hydrogens is 176 g/mol. The monoisotopic (exact) mass is 198 g/mol. The van der Waals surface area contributed by atoms with Gasteiger partial charge in [-0.1, -0.05) is 32.1 Å². The van der Waals surface area contributed by atoms with Gasteiger partial charge in [0, 0.05) is 12.8 Å². The first-order valence-corrected chi connectivity index (χ1v) is 5.99. The fraction of sp³-hybridized carbons (Fsp3) is 0.917. The number of rotatable bonds is 0. The first-order valence-electron chi connectivity index (χ1n) is 5.99. The molecule has 1 saturated carbocycles. The Morgan fingerprint density at radius 3 is 2.29 bits per heavy atom. The summed E-state index contributed by atoms with van der Waals surface area (Å²) in [6, 6.07) is 0. The van der Waals surface area contributed by atoms with Gasteiger partial charge in [-0.05, 0) is 19.3 Å². The van der Waals surface area contributed by atoms with Gasteiger partial charge in [0.05, 0.1) is 6.10 Å². The highest BCUT2D eigenvalue weighted by atomic mass is 16.3. The summed E-state index contributed by atoms with van der Waals surface area (Å²) in [5.41, 5.74) is 0. The molecule has 0 saturated heterocycles. The summed E-state index contributed by atoms with van der Waals surface area (Å²) in [5.74, 6) is 0.338. The fourth-order valence-corrected chi connectivity index (χ4v) is 2.01. The molecule has 1 N–H and O–H groups in total. The van der Waals surface area contributed by atoms with Crippen LogP contribution in [0, 0.1) is 0 Å². The molecule has 0 aromatic rings. The Morgan fingerprint density at radius 2 is 1.50 bits per heavy atom. The average Bonchev–Trinajstić information content (AvgIpc) is 2.17. The van der Waals surface area contributed by atoms with Gasteiger partial charge in [0.1, 0.15) is 5.78 Å². The van der Waals surface area contributed by atoms with Gasteiger partial charge in [0.2, 0.25) is 0 Å². The Kier molecular flexibility index (Phi) is 5.85. The van der Waals surface area contributed by atoms with Crippen LogP contribution in [0.2, 0.25) is 0 Å². The molecular formula is C12H22O2. The third-order valence-corrected chi connectivity index (χ3v) is 3.00. The highest BCUT2D eigenvalue weighted by Gasteiger charge is 2.09. The van der Waals surface area contributed by atoms with Gasteiger partial charge in [-0.25, -0.2) is 0 Å². The summed E-state index contributed by atoms with van der Waals surface area (Å²) in [4.78, 5) is 11.3. The molecule has 0 aliphatic heterocycles. The summed E-state index contributed by atoms with van der Waals surface area (Å²) < 4.78 is 0. The molecule has 0 spiro atoms. The lowest BCUT2D eigenvalue weighted by Gasteiger charge is -2.11. The number of hydrogen-bond acceptors (Lipinski definition) is 2. The largest absolute Gasteiger partial charge is 0.393 e. The fourth-order valence-electron chi connectivity index (χ4n) is 2.01. The maximum atomic E-state index is 11.3. The van der Waals surface area contributed by atoms with E-state index in [1.165, 1.54) is 25.7 Å². The minimum atomic E-state index is -0.238. The first-order chi connectivity index (χ1) is 6.79. The highest BCUT2D eigenvalue weighted by Crippen LogP contribution is 2.15. The van der Waals surface area contributed by atoms with Crippen LogP contribution in [0.3, 0.4) is 0 Å². The molecule has 0 radical (unpaired) electrons. The summed E-state index contributed by atoms with van der Waals surface area (Å²) >= 11 is 0. The maximum Gasteiger partial charge on any atom is 0.133 e. The van der Waals surface area contributed by atoms with Crippen molar-refractivity contribution >= 4 is 5.78 Å². The second-order valence-corrected chi connectivity index (χ2v) is 4.39. The zero-order valence-corrected chi connectivity index (χ0v) is 9.00. The van der Waals surface area contributed by atoms with E-state index in [1.807, 2.05) is 0 Å². The van der Waals surface area contributed by atoms with Crippen molar-refractivity contribution < 1.29 is 9.90 Å². The standard InChI is InChI=1S/C12H22O2/c13-11-7-5-3-1-2-4-6-8-12(14)10-9-11/h11,13H,1-10H2. The molecule has 2 heteroatoms. The molecule has 0 aromatic heterocycles. The van der Waals surface area contributed by atoms with Gasteiger partial charge in [-0.2, -0.15) is 0 Å². The number of carbonyl (C=O) groups is 1. The topological polar surface area (TPSA) is 37.3 Å². The van der Waals surface area contributed by atoms with E-state index in [-0.39, 0.29) is 6.10 Å². The second-order valence-electron chi connectivity index (χ2n) is 4.39. The predicted octanol–water partition coefficient (Wildman–Crippen LogP) is 2.83. The van der Waals surface area contributed by atoms with Crippen molar-refractivity contribution in [2.75, 3.05) is 0 Å². The van der Waals surface area contributed by atoms with Crippen molar-refractivity contribution in [3.8, 4) is 0 Å². The Morgan fingerprint density at radius 1 is 0.857 bits per heavy atom. The van der Waals surface area contributed by atoms with E-state index in [9.17, 15) is 9.90 Å². The Bertz CT molecular complexity index is 166. The van der Waals surface area contributed by atoms with Crippen LogP contribution in [-0.2, 0) is 4.79 Å². The lowest BCUT2D eigenvalue weighted by molar-refractivity contribution is -0.119. The third-order valence-electron chi connectivity index (χ3n) is 3.00. The van der Waals surface area contributed by atoms with Crippen LogP contribution in [0.4, 0.5) is 0 Å². The van der Waals surface area contributed by atoms with Gasteiger partial charge in [0.25, 0.3) is 0 Å². The van der Waals surface area contributed by atoms with Crippen molar-refractivity contribution in [3.63, 3.8) is 0 Å². The Balaban J connectivity index is 2.25. The summed E-state index contributed by atoms with van der Waals surface area (Å²) in [7, 11) is 0. The van der Waals surface area contributed by atoms with E-state index in [0.29, 0.717) is 18.6 Å². The van der Waals surface area contributed by atoms with Crippen LogP contribution in [0.1, 0.15) is 64.2 Å². The molecule has 1 rings (SSSR count). The van der Waals surface area contributed by atoms with Crippen molar-refractivity contribution in [1.82, 2.24) is 0 Å². The van der Waals surface area contributed by atoms with Crippen molar-refractivity contribution in [1.29, 1.82) is 0 Å². The third kappa shape index (κ3) is 5.38. The minimum Gasteiger partial charge on any atom is -0.393 e. The average molecular weight is 198 g/mol. The van der Waals surface area contributed by atoms with Crippen LogP contribution in [0.15, 0.2) is 0 Å². The van der Waals surface area contributed by atoms with Crippen molar-refractivity contribution in [3.05, 3.63) is 0 Å². The van der Waals surface area contributed by atoms with Crippen molar-refractivity contribution in [2.45, 2.75) is 70.3 Å².